The van der Waals surface area contributed by atoms with Crippen LogP contribution >= 0.6 is 0 Å². The van der Waals surface area contributed by atoms with E-state index in [1.807, 2.05) is 24.3 Å². The van der Waals surface area contributed by atoms with E-state index in [0.717, 1.165) is 18.6 Å². The van der Waals surface area contributed by atoms with Gasteiger partial charge in [0.25, 0.3) is 0 Å². The third kappa shape index (κ3) is 3.71. The molecule has 0 bridgehead atoms. The molecule has 4 nitrogen and oxygen atoms in total. The Morgan fingerprint density at radius 2 is 1.94 bits per heavy atom. The fraction of sp³-hybridized carbons (Fsp3) is 0.538. The minimum Gasteiger partial charge on any atom is -0.493 e. The van der Waals surface area contributed by atoms with Gasteiger partial charge in [-0.25, -0.2) is 12.7 Å². The van der Waals surface area contributed by atoms with Gasteiger partial charge >= 0.3 is 0 Å². The van der Waals surface area contributed by atoms with Crippen LogP contribution in [0.25, 0.3) is 0 Å². The lowest BCUT2D eigenvalue weighted by molar-refractivity contribution is 0.186. The lowest BCUT2D eigenvalue weighted by atomic mass is 9.99. The Morgan fingerprint density at radius 3 is 2.50 bits per heavy atom. The molecular formula is C13H18NO3S. The molecule has 1 aromatic rings. The Kier molecular flexibility index (Phi) is 4.24. The molecule has 0 atom stereocenters. The third-order valence-electron chi connectivity index (χ3n) is 3.22. The zero-order valence-corrected chi connectivity index (χ0v) is 11.3. The molecule has 2 rings (SSSR count). The molecule has 0 aromatic heterocycles. The Bertz CT molecular complexity index is 464. The van der Waals surface area contributed by atoms with E-state index in [9.17, 15) is 8.42 Å². The van der Waals surface area contributed by atoms with Crippen LogP contribution in [0.15, 0.2) is 24.3 Å². The van der Waals surface area contributed by atoms with Gasteiger partial charge in [-0.3, -0.25) is 0 Å². The largest absolute Gasteiger partial charge is 0.493 e. The van der Waals surface area contributed by atoms with Crippen LogP contribution in [0.3, 0.4) is 0 Å². The molecule has 1 aliphatic heterocycles. The number of nitrogens with zero attached hydrogens (tertiary/aromatic N) is 1. The number of hydrogen-bond donors (Lipinski definition) is 0. The van der Waals surface area contributed by atoms with Gasteiger partial charge in [0.1, 0.15) is 5.75 Å². The number of hydrogen-bond acceptors (Lipinski definition) is 3. The van der Waals surface area contributed by atoms with E-state index in [-0.39, 0.29) is 0 Å². The lowest BCUT2D eigenvalue weighted by Gasteiger charge is -2.30. The molecule has 0 N–H and O–H groups in total. The number of sulfonamides is 1. The van der Waals surface area contributed by atoms with Crippen molar-refractivity contribution in [1.29, 1.82) is 0 Å². The molecule has 18 heavy (non-hydrogen) atoms. The van der Waals surface area contributed by atoms with Gasteiger partial charge in [-0.05, 0) is 37.0 Å². The molecular weight excluding hydrogens is 250 g/mol. The van der Waals surface area contributed by atoms with Crippen molar-refractivity contribution in [3.05, 3.63) is 30.3 Å². The second-order valence-electron chi connectivity index (χ2n) is 4.65. The van der Waals surface area contributed by atoms with Gasteiger partial charge in [-0.15, -0.1) is 0 Å². The summed E-state index contributed by atoms with van der Waals surface area (Å²) < 4.78 is 29.9. The molecule has 99 valence electrons. The number of ether oxygens (including phenoxy) is 1. The molecule has 1 saturated heterocycles. The van der Waals surface area contributed by atoms with E-state index < -0.39 is 10.0 Å². The molecule has 0 amide bonds. The van der Waals surface area contributed by atoms with Crippen LogP contribution in [0.5, 0.6) is 5.75 Å². The Hall–Kier alpha value is -1.07. The van der Waals surface area contributed by atoms with Crippen LogP contribution in [-0.2, 0) is 10.0 Å². The van der Waals surface area contributed by atoms with Crippen molar-refractivity contribution in [2.45, 2.75) is 12.8 Å². The fourth-order valence-electron chi connectivity index (χ4n) is 2.09. The first-order valence-corrected chi connectivity index (χ1v) is 7.94. The summed E-state index contributed by atoms with van der Waals surface area (Å²) in [5.41, 5.74) is 0. The zero-order valence-electron chi connectivity index (χ0n) is 10.5. The van der Waals surface area contributed by atoms with Crippen LogP contribution < -0.4 is 4.74 Å². The number of benzene rings is 1. The van der Waals surface area contributed by atoms with Crippen molar-refractivity contribution in [3.8, 4) is 5.75 Å². The van der Waals surface area contributed by atoms with E-state index in [4.69, 9.17) is 4.74 Å². The van der Waals surface area contributed by atoms with Gasteiger partial charge in [-0.1, -0.05) is 12.1 Å². The first kappa shape index (κ1) is 13.4. The second kappa shape index (κ2) is 5.71. The summed E-state index contributed by atoms with van der Waals surface area (Å²) in [7, 11) is -3.03. The maximum absolute atomic E-state index is 11.4. The minimum atomic E-state index is -3.03. The van der Waals surface area contributed by atoms with Crippen LogP contribution in [0.4, 0.5) is 0 Å². The average Bonchev–Trinajstić information content (AvgIpc) is 2.37. The monoisotopic (exact) mass is 268 g/mol. The summed E-state index contributed by atoms with van der Waals surface area (Å²) in [6.45, 7) is 1.87. The maximum Gasteiger partial charge on any atom is 0.211 e. The van der Waals surface area contributed by atoms with Gasteiger partial charge in [-0.2, -0.15) is 0 Å². The maximum atomic E-state index is 11.4. The Balaban J connectivity index is 1.78. The molecule has 0 aliphatic carbocycles. The van der Waals surface area contributed by atoms with Crippen molar-refractivity contribution < 1.29 is 13.2 Å². The zero-order chi connectivity index (χ0) is 13.0. The smallest absolute Gasteiger partial charge is 0.211 e. The summed E-state index contributed by atoms with van der Waals surface area (Å²) in [5, 5.41) is 0. The second-order valence-corrected chi connectivity index (χ2v) is 6.63. The van der Waals surface area contributed by atoms with E-state index in [2.05, 4.69) is 6.07 Å². The van der Waals surface area contributed by atoms with E-state index in [0.29, 0.717) is 25.6 Å². The molecule has 1 radical (unpaired) electrons. The van der Waals surface area contributed by atoms with Crippen molar-refractivity contribution in [3.63, 3.8) is 0 Å². The van der Waals surface area contributed by atoms with Gasteiger partial charge in [0.15, 0.2) is 0 Å². The highest BCUT2D eigenvalue weighted by Crippen LogP contribution is 2.20. The molecule has 0 spiro atoms. The first-order chi connectivity index (χ1) is 8.55. The Morgan fingerprint density at radius 1 is 1.33 bits per heavy atom. The van der Waals surface area contributed by atoms with Crippen LogP contribution in [-0.4, -0.2) is 38.7 Å². The van der Waals surface area contributed by atoms with Crippen molar-refractivity contribution >= 4 is 10.0 Å². The predicted molar refractivity (Wildman–Crippen MR) is 69.9 cm³/mol. The highest BCUT2D eigenvalue weighted by molar-refractivity contribution is 7.88. The molecule has 0 saturated carbocycles. The number of rotatable bonds is 4. The van der Waals surface area contributed by atoms with Crippen molar-refractivity contribution in [2.24, 2.45) is 5.92 Å². The molecule has 1 heterocycles. The normalized spacial score (nSPS) is 18.7. The summed E-state index contributed by atoms with van der Waals surface area (Å²) in [5.74, 6) is 1.28. The molecule has 1 fully saturated rings. The van der Waals surface area contributed by atoms with Gasteiger partial charge in [0.2, 0.25) is 10.0 Å². The van der Waals surface area contributed by atoms with Crippen LogP contribution in [0.2, 0.25) is 0 Å². The van der Waals surface area contributed by atoms with Crippen LogP contribution in [0.1, 0.15) is 12.8 Å². The summed E-state index contributed by atoms with van der Waals surface area (Å²) in [6.07, 6.45) is 3.00. The highest BCUT2D eigenvalue weighted by Gasteiger charge is 2.25. The van der Waals surface area contributed by atoms with E-state index >= 15 is 0 Å². The fourth-order valence-corrected chi connectivity index (χ4v) is 2.96. The average molecular weight is 268 g/mol. The predicted octanol–water partition coefficient (Wildman–Crippen LogP) is 1.54. The van der Waals surface area contributed by atoms with Crippen molar-refractivity contribution in [1.82, 2.24) is 4.31 Å². The summed E-state index contributed by atoms with van der Waals surface area (Å²) >= 11 is 0. The quantitative estimate of drug-likeness (QED) is 0.832. The minimum absolute atomic E-state index is 0.437. The summed E-state index contributed by atoms with van der Waals surface area (Å²) in [6, 6.07) is 10.3. The SMILES string of the molecule is CS(=O)(=O)N1CCC(COc2cc[c]cc2)CC1. The molecule has 0 unspecified atom stereocenters. The number of piperidine rings is 1. The standard InChI is InChI=1S/C13H18NO3S/c1-18(15,16)14-9-7-12(8-10-14)11-17-13-5-3-2-4-6-13/h3-6,12H,7-11H2,1H3. The van der Waals surface area contributed by atoms with Gasteiger partial charge < -0.3 is 4.74 Å². The summed E-state index contributed by atoms with van der Waals surface area (Å²) in [4.78, 5) is 0. The topological polar surface area (TPSA) is 46.6 Å². The molecule has 1 aromatic carbocycles. The highest BCUT2D eigenvalue weighted by atomic mass is 32.2. The van der Waals surface area contributed by atoms with E-state index in [1.165, 1.54) is 6.26 Å². The first-order valence-electron chi connectivity index (χ1n) is 6.10. The van der Waals surface area contributed by atoms with Gasteiger partial charge in [0, 0.05) is 13.1 Å². The molecule has 5 heteroatoms. The molecule has 1 aliphatic rings. The Labute approximate surface area is 109 Å². The third-order valence-corrected chi connectivity index (χ3v) is 4.52. The van der Waals surface area contributed by atoms with E-state index in [1.54, 1.807) is 4.31 Å². The lowest BCUT2D eigenvalue weighted by Crippen LogP contribution is -2.39. The van der Waals surface area contributed by atoms with Crippen molar-refractivity contribution in [2.75, 3.05) is 26.0 Å². The van der Waals surface area contributed by atoms with Crippen LogP contribution in [0, 0.1) is 12.0 Å². The van der Waals surface area contributed by atoms with Gasteiger partial charge in [0.05, 0.1) is 12.9 Å².